The first-order valence-electron chi connectivity index (χ1n) is 11.2. The number of allylic oxidation sites excluding steroid dienone is 1. The Labute approximate surface area is 197 Å². The number of benzene rings is 1. The smallest absolute Gasteiger partial charge is 0.336 e. The first-order chi connectivity index (χ1) is 16.3. The number of nitrogens with one attached hydrogen (secondary N) is 1. The molecule has 34 heavy (non-hydrogen) atoms. The van der Waals surface area contributed by atoms with Gasteiger partial charge in [-0.25, -0.2) is 9.59 Å². The maximum absolute atomic E-state index is 13.3. The highest BCUT2D eigenvalue weighted by molar-refractivity contribution is 6.00. The Kier molecular flexibility index (Phi) is 8.45. The summed E-state index contributed by atoms with van der Waals surface area (Å²) < 4.78 is 16.3. The van der Waals surface area contributed by atoms with E-state index >= 15 is 0 Å². The molecule has 0 saturated carbocycles. The number of rotatable bonds is 7. The molecule has 2 aliphatic rings. The van der Waals surface area contributed by atoms with Crippen molar-refractivity contribution in [2.75, 3.05) is 19.8 Å². The summed E-state index contributed by atoms with van der Waals surface area (Å²) in [6, 6.07) is 8.79. The van der Waals surface area contributed by atoms with E-state index < -0.39 is 55.0 Å². The highest BCUT2D eigenvalue weighted by atomic mass is 16.6. The summed E-state index contributed by atoms with van der Waals surface area (Å²) in [6.45, 7) is 4.46. The molecule has 0 amide bonds. The van der Waals surface area contributed by atoms with Crippen LogP contribution in [0.15, 0.2) is 52.9 Å². The van der Waals surface area contributed by atoms with E-state index in [4.69, 9.17) is 14.2 Å². The number of hydrogen-bond acceptors (Lipinski definition) is 10. The SMILES string of the molecule is CCOC(=O)C1=C(C)NC([C@@H]2O[C@H](CO)[C@@H](O)[C@H](O)[C@@H]2O)=C(C(=O)OCC)C1c1ccccc1. The molecule has 10 heteroatoms. The molecule has 1 unspecified atom stereocenters. The van der Waals surface area contributed by atoms with Crippen molar-refractivity contribution in [1.29, 1.82) is 0 Å². The molecule has 2 aliphatic heterocycles. The van der Waals surface area contributed by atoms with Gasteiger partial charge < -0.3 is 40.0 Å². The van der Waals surface area contributed by atoms with Gasteiger partial charge in [0.05, 0.1) is 42.6 Å². The molecular weight excluding hydrogens is 446 g/mol. The summed E-state index contributed by atoms with van der Waals surface area (Å²) in [5.41, 5.74) is 1.19. The molecule has 0 spiro atoms. The molecule has 6 atom stereocenters. The van der Waals surface area contributed by atoms with Crippen LogP contribution in [-0.2, 0) is 23.8 Å². The third kappa shape index (κ3) is 4.86. The minimum Gasteiger partial charge on any atom is -0.463 e. The second kappa shape index (κ2) is 11.1. The van der Waals surface area contributed by atoms with Gasteiger partial charge in [-0.1, -0.05) is 30.3 Å². The molecule has 10 nitrogen and oxygen atoms in total. The second-order valence-electron chi connectivity index (χ2n) is 8.03. The zero-order chi connectivity index (χ0) is 25.0. The number of hydrogen-bond donors (Lipinski definition) is 5. The normalized spacial score (nSPS) is 29.5. The topological polar surface area (TPSA) is 155 Å². The fourth-order valence-corrected chi connectivity index (χ4v) is 4.31. The van der Waals surface area contributed by atoms with Crippen molar-refractivity contribution in [3.63, 3.8) is 0 Å². The Balaban J connectivity index is 2.24. The maximum Gasteiger partial charge on any atom is 0.336 e. The van der Waals surface area contributed by atoms with Gasteiger partial charge in [-0.05, 0) is 26.3 Å². The molecule has 1 fully saturated rings. The summed E-state index contributed by atoms with van der Waals surface area (Å²) in [6.07, 6.45) is -7.38. The van der Waals surface area contributed by atoms with E-state index in [-0.39, 0.29) is 30.1 Å². The molecule has 0 bridgehead atoms. The summed E-state index contributed by atoms with van der Waals surface area (Å²) in [5.74, 6) is -2.32. The van der Waals surface area contributed by atoms with Crippen LogP contribution in [0.5, 0.6) is 0 Å². The second-order valence-corrected chi connectivity index (χ2v) is 8.03. The lowest BCUT2D eigenvalue weighted by atomic mass is 9.78. The van der Waals surface area contributed by atoms with Gasteiger partial charge in [-0.3, -0.25) is 0 Å². The van der Waals surface area contributed by atoms with Crippen LogP contribution in [0, 0.1) is 0 Å². The lowest BCUT2D eigenvalue weighted by Crippen LogP contribution is -2.60. The van der Waals surface area contributed by atoms with Gasteiger partial charge >= 0.3 is 11.9 Å². The van der Waals surface area contributed by atoms with Crippen molar-refractivity contribution in [2.24, 2.45) is 0 Å². The summed E-state index contributed by atoms with van der Waals surface area (Å²) in [4.78, 5) is 26.3. The fourth-order valence-electron chi connectivity index (χ4n) is 4.31. The Morgan fingerprint density at radius 1 is 0.941 bits per heavy atom. The van der Waals surface area contributed by atoms with Crippen LogP contribution in [0.2, 0.25) is 0 Å². The van der Waals surface area contributed by atoms with E-state index in [0.717, 1.165) is 0 Å². The number of carbonyl (C=O) groups is 2. The van der Waals surface area contributed by atoms with Crippen LogP contribution < -0.4 is 5.32 Å². The fraction of sp³-hybridized carbons (Fsp3) is 0.500. The molecule has 186 valence electrons. The van der Waals surface area contributed by atoms with E-state index in [1.54, 1.807) is 51.1 Å². The number of esters is 2. The van der Waals surface area contributed by atoms with Gasteiger partial charge in [0, 0.05) is 5.70 Å². The average molecular weight is 478 g/mol. The molecule has 2 heterocycles. The summed E-state index contributed by atoms with van der Waals surface area (Å²) in [5, 5.41) is 43.9. The van der Waals surface area contributed by atoms with Crippen LogP contribution in [0.3, 0.4) is 0 Å². The Hall–Kier alpha value is -2.76. The lowest BCUT2D eigenvalue weighted by Gasteiger charge is -2.43. The zero-order valence-electron chi connectivity index (χ0n) is 19.3. The van der Waals surface area contributed by atoms with Crippen LogP contribution in [0.4, 0.5) is 0 Å². The molecule has 3 rings (SSSR count). The number of dihydropyridines is 1. The molecule has 0 aromatic heterocycles. The van der Waals surface area contributed by atoms with Crippen molar-refractivity contribution >= 4 is 11.9 Å². The maximum atomic E-state index is 13.3. The van der Waals surface area contributed by atoms with Crippen LogP contribution in [0.1, 0.15) is 32.3 Å². The lowest BCUT2D eigenvalue weighted by molar-refractivity contribution is -0.220. The molecule has 1 aromatic rings. The minimum absolute atomic E-state index is 0.00830. The Bertz CT molecular complexity index is 956. The van der Waals surface area contributed by atoms with Crippen LogP contribution in [-0.4, -0.2) is 82.7 Å². The van der Waals surface area contributed by atoms with E-state index in [2.05, 4.69) is 5.32 Å². The third-order valence-electron chi connectivity index (χ3n) is 5.89. The molecule has 1 aromatic carbocycles. The van der Waals surface area contributed by atoms with Crippen molar-refractivity contribution in [2.45, 2.75) is 57.2 Å². The van der Waals surface area contributed by atoms with Crippen molar-refractivity contribution in [1.82, 2.24) is 5.32 Å². The summed E-state index contributed by atoms with van der Waals surface area (Å²) in [7, 11) is 0. The monoisotopic (exact) mass is 477 g/mol. The standard InChI is InChI=1S/C24H31NO9/c1-4-32-23(30)15-12(3)25-18(22-21(29)20(28)19(27)14(11-26)34-22)17(24(31)33-5-2)16(15)13-9-7-6-8-10-13/h6-10,14,16,19-22,25-29H,4-5,11H2,1-3H3/t14-,16?,19-,20+,21+,22+/m1/s1. The third-order valence-corrected chi connectivity index (χ3v) is 5.89. The van der Waals surface area contributed by atoms with Crippen LogP contribution >= 0.6 is 0 Å². The van der Waals surface area contributed by atoms with Gasteiger partial charge in [0.1, 0.15) is 30.5 Å². The molecule has 0 radical (unpaired) electrons. The van der Waals surface area contributed by atoms with E-state index in [9.17, 15) is 30.0 Å². The highest BCUT2D eigenvalue weighted by Gasteiger charge is 2.49. The van der Waals surface area contributed by atoms with Gasteiger partial charge in [-0.2, -0.15) is 0 Å². The first kappa shape index (κ1) is 25.9. The number of ether oxygens (including phenoxy) is 3. The zero-order valence-corrected chi connectivity index (χ0v) is 19.3. The van der Waals surface area contributed by atoms with E-state index in [1.165, 1.54) is 0 Å². The Morgan fingerprint density at radius 3 is 2.09 bits per heavy atom. The summed E-state index contributed by atoms with van der Waals surface area (Å²) >= 11 is 0. The predicted molar refractivity (Wildman–Crippen MR) is 119 cm³/mol. The quantitative estimate of drug-likeness (QED) is 0.336. The van der Waals surface area contributed by atoms with Crippen LogP contribution in [0.25, 0.3) is 0 Å². The molecule has 0 aliphatic carbocycles. The van der Waals surface area contributed by atoms with Crippen molar-refractivity contribution < 1.29 is 44.2 Å². The number of aliphatic hydroxyl groups is 4. The largest absolute Gasteiger partial charge is 0.463 e. The average Bonchev–Trinajstić information content (AvgIpc) is 2.83. The first-order valence-corrected chi connectivity index (χ1v) is 11.2. The molecular formula is C24H31NO9. The van der Waals surface area contributed by atoms with Crippen molar-refractivity contribution in [3.05, 3.63) is 58.4 Å². The van der Waals surface area contributed by atoms with E-state index in [0.29, 0.717) is 11.3 Å². The Morgan fingerprint density at radius 2 is 1.53 bits per heavy atom. The number of aliphatic hydroxyl groups excluding tert-OH is 4. The number of carbonyl (C=O) groups excluding carboxylic acids is 2. The van der Waals surface area contributed by atoms with Gasteiger partial charge in [0.2, 0.25) is 0 Å². The molecule has 5 N–H and O–H groups in total. The molecule has 1 saturated heterocycles. The van der Waals surface area contributed by atoms with Gasteiger partial charge in [0.15, 0.2) is 0 Å². The van der Waals surface area contributed by atoms with Gasteiger partial charge in [0.25, 0.3) is 0 Å². The van der Waals surface area contributed by atoms with Gasteiger partial charge in [-0.15, -0.1) is 0 Å². The van der Waals surface area contributed by atoms with E-state index in [1.807, 2.05) is 0 Å². The highest BCUT2D eigenvalue weighted by Crippen LogP contribution is 2.41. The predicted octanol–water partition coefficient (Wildman–Crippen LogP) is -0.130. The van der Waals surface area contributed by atoms with Crippen molar-refractivity contribution in [3.8, 4) is 0 Å². The minimum atomic E-state index is -1.65.